The Bertz CT molecular complexity index is 7.13. The number of hydrogen-bond acceptors (Lipinski definition) is 0. The van der Waals surface area contributed by atoms with E-state index >= 15 is 0 Å². The minimum absolute atomic E-state index is 0. The molecule has 0 nitrogen and oxygen atoms in total. The molecule has 0 fully saturated rings. The van der Waals surface area contributed by atoms with E-state index in [1.807, 2.05) is 0 Å². The van der Waals surface area contributed by atoms with Crippen molar-refractivity contribution < 1.29 is 1070 Å². The Morgan fingerprint density at radius 2 is 0.0385 bits per heavy atom. The first-order chi connectivity index (χ1) is 0. The van der Waals surface area contributed by atoms with Gasteiger partial charge in [0.25, 0.3) is 0 Å². The molecule has 0 saturated heterocycles. The standard InChI is InChI=1S/CH3.51W/h1H3;;;;;;;;;;;;;;;;;;;;;;;;;;;;;;;;;;;;;;;;;;;;;;;;;;;/q-1;;;;;;;;;;;;;;;;;;;;;;;;;;;;;;;;;;;;;;;;;;;;;;;;;;;. The predicted octanol–water partition coefficient (Wildman–Crippen LogP) is 0.323. The maximum atomic E-state index is 0. The first kappa shape index (κ1) is 524. The molecule has 0 bridgehead atoms. The second-order valence-corrected chi connectivity index (χ2v) is 0. The minimum atomic E-state index is 0. The van der Waals surface area contributed by atoms with Crippen LogP contribution in [0.15, 0.2) is 0 Å². The molecule has 0 saturated carbocycles. The minimum Gasteiger partial charge on any atom is -0.358 e. The molecule has 0 unspecified atom stereocenters. The normalized spacial score (nSPS) is 0. The van der Waals surface area contributed by atoms with Gasteiger partial charge in [-0.3, -0.25) is 0 Å². The number of rotatable bonds is 0. The van der Waals surface area contributed by atoms with Crippen molar-refractivity contribution in [1.29, 1.82) is 0 Å². The van der Waals surface area contributed by atoms with Gasteiger partial charge >= 0.3 is 0 Å². The maximum Gasteiger partial charge on any atom is 0 e. The average molecular weight is 9390 g/mol. The summed E-state index contributed by atoms with van der Waals surface area (Å²) in [6.45, 7) is 0. The van der Waals surface area contributed by atoms with Crippen molar-refractivity contribution in [3.8, 4) is 0 Å². The molecule has 0 aromatic heterocycles. The first-order valence-corrected chi connectivity index (χ1v) is 0. The Labute approximate surface area is 1050 Å². The zero-order valence-corrected chi connectivity index (χ0v) is 171. The summed E-state index contributed by atoms with van der Waals surface area (Å²) in [5, 5.41) is 0. The zero-order valence-electron chi connectivity index (χ0n) is 21.8. The van der Waals surface area contributed by atoms with Gasteiger partial charge in [0.1, 0.15) is 0 Å². The number of hydrogen-bond donors (Lipinski definition) is 0. The Morgan fingerprint density at radius 3 is 0.0385 bits per heavy atom. The fourth-order valence-corrected chi connectivity index (χ4v) is 0. The van der Waals surface area contributed by atoms with Gasteiger partial charge in [-0.1, -0.05) is 0 Å². The molecular formula is CH3W51-. The second kappa shape index (κ2) is 506. The SMILES string of the molecule is [CH3-].[W].[W].[W].[W].[W].[W].[W].[W].[W].[W].[W].[W].[W].[W].[W].[W].[W].[W].[W].[W].[W].[W].[W].[W].[W].[W].[W].[W].[W].[W].[W].[W].[W].[W].[W].[W].[W].[W].[W].[W].[W].[W].[W].[W].[W].[W].[W].[W].[W].[W].[W]. The Morgan fingerprint density at radius 1 is 0.0385 bits per heavy atom. The van der Waals surface area contributed by atoms with E-state index in [0.29, 0.717) is 0 Å². The van der Waals surface area contributed by atoms with Crippen molar-refractivity contribution in [2.45, 2.75) is 0 Å². The fraction of sp³-hybridized carbons (Fsp3) is 0. The van der Waals surface area contributed by atoms with Gasteiger partial charge in [0.05, 0.1) is 0 Å². The van der Waals surface area contributed by atoms with Gasteiger partial charge in [0.2, 0.25) is 0 Å². The van der Waals surface area contributed by atoms with Crippen LogP contribution in [0.1, 0.15) is 0 Å². The van der Waals surface area contributed by atoms with Crippen LogP contribution in [0.3, 0.4) is 0 Å². The third kappa shape index (κ3) is 489. The van der Waals surface area contributed by atoms with E-state index in [1.165, 1.54) is 0 Å². The van der Waals surface area contributed by atoms with Gasteiger partial charge < -0.3 is 7.43 Å². The van der Waals surface area contributed by atoms with Crippen LogP contribution in [0, 0.1) is 7.43 Å². The van der Waals surface area contributed by atoms with Crippen LogP contribution in [-0.4, -0.2) is 0 Å². The third-order valence-corrected chi connectivity index (χ3v) is 0. The molecule has 0 amide bonds. The van der Waals surface area contributed by atoms with Gasteiger partial charge in [-0.25, -0.2) is 0 Å². The summed E-state index contributed by atoms with van der Waals surface area (Å²) in [6, 6.07) is 0. The van der Waals surface area contributed by atoms with Gasteiger partial charge in [0, 0.05) is 1070 Å². The molecule has 52 heavy (non-hydrogen) atoms. The van der Waals surface area contributed by atoms with Crippen molar-refractivity contribution in [1.82, 2.24) is 0 Å². The van der Waals surface area contributed by atoms with Crippen LogP contribution in [0.4, 0.5) is 0 Å². The van der Waals surface area contributed by atoms with E-state index in [1.54, 1.807) is 0 Å². The predicted molar refractivity (Wildman–Crippen MR) is 6.41 cm³/mol. The van der Waals surface area contributed by atoms with Crippen LogP contribution >= 0.6 is 0 Å². The average Bonchev–Trinajstić information content (AvgIpc) is 0. The Balaban J connectivity index is 0. The van der Waals surface area contributed by atoms with Crippen LogP contribution < -0.4 is 0 Å². The van der Waals surface area contributed by atoms with Crippen LogP contribution in [0.25, 0.3) is 0 Å². The zero-order chi connectivity index (χ0) is 0. The molecule has 0 aromatic rings. The van der Waals surface area contributed by atoms with Crippen molar-refractivity contribution in [3.05, 3.63) is 7.43 Å². The molecule has 51 heteroatoms. The van der Waals surface area contributed by atoms with Crippen LogP contribution in [0.2, 0.25) is 0 Å². The molecule has 0 heterocycles. The van der Waals surface area contributed by atoms with Crippen molar-refractivity contribution in [2.75, 3.05) is 0 Å². The van der Waals surface area contributed by atoms with E-state index in [-0.39, 0.29) is 1080 Å². The van der Waals surface area contributed by atoms with Gasteiger partial charge in [-0.05, 0) is 0 Å². The van der Waals surface area contributed by atoms with Crippen LogP contribution in [-0.2, 0) is 1070 Å². The summed E-state index contributed by atoms with van der Waals surface area (Å²) < 4.78 is 0. The third-order valence-electron chi connectivity index (χ3n) is 0. The molecule has 0 rings (SSSR count). The topological polar surface area (TPSA) is 0 Å². The van der Waals surface area contributed by atoms with E-state index < -0.39 is 0 Å². The van der Waals surface area contributed by atoms with E-state index in [9.17, 15) is 0 Å². The Kier molecular flexibility index (Phi) is 5100. The second-order valence-electron chi connectivity index (χ2n) is 0. The fourth-order valence-electron chi connectivity index (χ4n) is 0. The van der Waals surface area contributed by atoms with Gasteiger partial charge in [0.15, 0.2) is 0 Å². The molecule has 0 aliphatic heterocycles. The summed E-state index contributed by atoms with van der Waals surface area (Å²) >= 11 is 0. The van der Waals surface area contributed by atoms with E-state index in [2.05, 4.69) is 0 Å². The summed E-state index contributed by atoms with van der Waals surface area (Å²) in [7, 11) is 0. The van der Waals surface area contributed by atoms with Crippen molar-refractivity contribution in [3.63, 3.8) is 0 Å². The molecule has 0 atom stereocenters. The molecular weight excluding hydrogens is 9390 g/mol. The quantitative estimate of drug-likeness (QED) is 0.308. The van der Waals surface area contributed by atoms with Gasteiger partial charge in [-0.2, -0.15) is 0 Å². The smallest absolute Gasteiger partial charge is 0 e. The molecule has 0 spiro atoms. The molecule has 0 aliphatic rings. The summed E-state index contributed by atoms with van der Waals surface area (Å²) in [6.07, 6.45) is 0. The van der Waals surface area contributed by atoms with E-state index in [4.69, 9.17) is 0 Å². The summed E-state index contributed by atoms with van der Waals surface area (Å²) in [5.41, 5.74) is 0. The summed E-state index contributed by atoms with van der Waals surface area (Å²) in [5.74, 6) is 0. The molecule has 0 N–H and O–H groups in total. The molecule has 314 valence electrons. The van der Waals surface area contributed by atoms with Crippen molar-refractivity contribution in [2.24, 2.45) is 0 Å². The maximum absolute atomic E-state index is 0. The monoisotopic (exact) mass is 9400 g/mol. The Hall–Kier alpha value is 35.1. The van der Waals surface area contributed by atoms with Crippen molar-refractivity contribution >= 4 is 0 Å². The largest absolute Gasteiger partial charge is 0.358 e. The molecule has 0 radical (unpaired) electrons. The summed E-state index contributed by atoms with van der Waals surface area (Å²) in [4.78, 5) is 0. The van der Waals surface area contributed by atoms with Crippen LogP contribution in [0.5, 0.6) is 0 Å². The van der Waals surface area contributed by atoms with E-state index in [0.717, 1.165) is 0 Å². The van der Waals surface area contributed by atoms with Gasteiger partial charge in [-0.15, -0.1) is 0 Å². The molecule has 0 aromatic carbocycles. The molecule has 0 aliphatic carbocycles. The first-order valence-electron chi connectivity index (χ1n) is 0.